The minimum Gasteiger partial charge on any atom is -0.477 e. The lowest BCUT2D eigenvalue weighted by Crippen LogP contribution is -2.10. The third kappa shape index (κ3) is 1.82. The van der Waals surface area contributed by atoms with Crippen molar-refractivity contribution in [1.82, 2.24) is 10.2 Å². The lowest BCUT2D eigenvalue weighted by atomic mass is 10.1. The Balaban J connectivity index is 1.98. The van der Waals surface area contributed by atoms with E-state index in [9.17, 15) is 4.79 Å². The average Bonchev–Trinajstić information content (AvgIpc) is 2.88. The van der Waals surface area contributed by atoms with E-state index in [0.717, 1.165) is 16.9 Å². The number of hydrogen-bond acceptors (Lipinski definition) is 4. The third-order valence-corrected chi connectivity index (χ3v) is 2.72. The second-order valence-corrected chi connectivity index (χ2v) is 3.91. The molecule has 92 valence electrons. The summed E-state index contributed by atoms with van der Waals surface area (Å²) in [7, 11) is 0. The maximum absolute atomic E-state index is 10.8. The highest BCUT2D eigenvalue weighted by atomic mass is 16.7. The highest BCUT2D eigenvalue weighted by Crippen LogP contribution is 2.28. The van der Waals surface area contributed by atoms with Crippen molar-refractivity contribution in [2.75, 3.05) is 6.79 Å². The number of fused-ring (bicyclic) bond motifs is 1. The normalized spacial score (nSPS) is 13.8. The Morgan fingerprint density at radius 2 is 2.28 bits per heavy atom. The van der Waals surface area contributed by atoms with Crippen molar-refractivity contribution in [1.29, 1.82) is 0 Å². The predicted molar refractivity (Wildman–Crippen MR) is 61.3 cm³/mol. The van der Waals surface area contributed by atoms with Crippen LogP contribution in [0.25, 0.3) is 11.3 Å². The minimum absolute atomic E-state index is 0.0650. The van der Waals surface area contributed by atoms with Crippen molar-refractivity contribution in [3.8, 4) is 17.0 Å². The van der Waals surface area contributed by atoms with Crippen molar-refractivity contribution in [2.45, 2.75) is 6.61 Å². The fourth-order valence-corrected chi connectivity index (χ4v) is 1.83. The van der Waals surface area contributed by atoms with Gasteiger partial charge in [-0.05, 0) is 24.3 Å². The Morgan fingerprint density at radius 1 is 1.39 bits per heavy atom. The van der Waals surface area contributed by atoms with Gasteiger partial charge in [0.1, 0.15) is 11.4 Å². The second kappa shape index (κ2) is 4.15. The van der Waals surface area contributed by atoms with Gasteiger partial charge in [-0.15, -0.1) is 0 Å². The summed E-state index contributed by atoms with van der Waals surface area (Å²) in [4.78, 5) is 10.8. The average molecular weight is 246 g/mol. The van der Waals surface area contributed by atoms with Gasteiger partial charge in [-0.25, -0.2) is 4.79 Å². The number of ether oxygens (including phenoxy) is 2. The number of aromatic amines is 1. The molecule has 0 bridgehead atoms. The summed E-state index contributed by atoms with van der Waals surface area (Å²) < 4.78 is 10.5. The third-order valence-electron chi connectivity index (χ3n) is 2.72. The number of aromatic carboxylic acids is 1. The molecule has 18 heavy (non-hydrogen) atoms. The molecule has 6 heteroatoms. The molecule has 0 radical (unpaired) electrons. The summed E-state index contributed by atoms with van der Waals surface area (Å²) in [6.07, 6.45) is 0. The summed E-state index contributed by atoms with van der Waals surface area (Å²) in [6.45, 7) is 0.747. The highest BCUT2D eigenvalue weighted by molar-refractivity contribution is 5.86. The number of benzene rings is 1. The summed E-state index contributed by atoms with van der Waals surface area (Å²) >= 11 is 0. The second-order valence-electron chi connectivity index (χ2n) is 3.91. The van der Waals surface area contributed by atoms with Gasteiger partial charge in [0, 0.05) is 11.1 Å². The van der Waals surface area contributed by atoms with E-state index in [1.54, 1.807) is 0 Å². The highest BCUT2D eigenvalue weighted by Gasteiger charge is 2.14. The van der Waals surface area contributed by atoms with Crippen LogP contribution in [0, 0.1) is 0 Å². The number of H-pyrrole nitrogens is 1. The molecule has 0 saturated heterocycles. The summed E-state index contributed by atoms with van der Waals surface area (Å²) in [5.74, 6) is -0.239. The van der Waals surface area contributed by atoms with E-state index < -0.39 is 5.97 Å². The first-order chi connectivity index (χ1) is 8.74. The van der Waals surface area contributed by atoms with E-state index in [0.29, 0.717) is 12.3 Å². The smallest absolute Gasteiger partial charge is 0.353 e. The van der Waals surface area contributed by atoms with Gasteiger partial charge in [0.2, 0.25) is 0 Å². The van der Waals surface area contributed by atoms with Gasteiger partial charge >= 0.3 is 5.97 Å². The van der Waals surface area contributed by atoms with E-state index in [4.69, 9.17) is 14.6 Å². The lowest BCUT2D eigenvalue weighted by Gasteiger charge is -2.17. The number of rotatable bonds is 2. The molecule has 0 amide bonds. The van der Waals surface area contributed by atoms with Gasteiger partial charge in [-0.3, -0.25) is 5.10 Å². The van der Waals surface area contributed by atoms with Crippen molar-refractivity contribution in [3.05, 3.63) is 35.5 Å². The first-order valence-electron chi connectivity index (χ1n) is 5.36. The quantitative estimate of drug-likeness (QED) is 0.841. The Hall–Kier alpha value is -2.34. The van der Waals surface area contributed by atoms with Crippen molar-refractivity contribution in [3.63, 3.8) is 0 Å². The maximum atomic E-state index is 10.8. The molecule has 0 fully saturated rings. The van der Waals surface area contributed by atoms with Gasteiger partial charge in [-0.1, -0.05) is 0 Å². The van der Waals surface area contributed by atoms with Crippen molar-refractivity contribution >= 4 is 5.97 Å². The van der Waals surface area contributed by atoms with Gasteiger partial charge < -0.3 is 14.6 Å². The number of aromatic nitrogens is 2. The van der Waals surface area contributed by atoms with Crippen LogP contribution >= 0.6 is 0 Å². The van der Waals surface area contributed by atoms with Gasteiger partial charge in [-0.2, -0.15) is 5.10 Å². The first kappa shape index (κ1) is 10.8. The predicted octanol–water partition coefficient (Wildman–Crippen LogP) is 1.64. The first-order valence-corrected chi connectivity index (χ1v) is 5.36. The van der Waals surface area contributed by atoms with Crippen LogP contribution < -0.4 is 4.74 Å². The van der Waals surface area contributed by atoms with E-state index in [1.807, 2.05) is 18.2 Å². The fraction of sp³-hybridized carbons (Fsp3) is 0.167. The van der Waals surface area contributed by atoms with Crippen LogP contribution in [-0.4, -0.2) is 28.1 Å². The Bertz CT molecular complexity index is 606. The SMILES string of the molecule is O=C(O)c1cc(-c2ccc3c(c2)COCO3)n[nH]1. The fourth-order valence-electron chi connectivity index (χ4n) is 1.83. The van der Waals surface area contributed by atoms with Crippen molar-refractivity contribution in [2.24, 2.45) is 0 Å². The van der Waals surface area contributed by atoms with Crippen LogP contribution in [0.4, 0.5) is 0 Å². The molecule has 1 aromatic heterocycles. The van der Waals surface area contributed by atoms with E-state index >= 15 is 0 Å². The lowest BCUT2D eigenvalue weighted by molar-refractivity contribution is -0.0163. The molecular formula is C12H10N2O4. The standard InChI is InChI=1S/C12H10N2O4/c15-12(16)10-4-9(13-14-10)7-1-2-11-8(3-7)5-17-6-18-11/h1-4H,5-6H2,(H,13,14)(H,15,16). The molecule has 2 N–H and O–H groups in total. The number of nitrogens with one attached hydrogen (secondary N) is 1. The topological polar surface area (TPSA) is 84.4 Å². The number of nitrogens with zero attached hydrogens (tertiary/aromatic N) is 1. The molecule has 6 nitrogen and oxygen atoms in total. The molecule has 2 aromatic rings. The Morgan fingerprint density at radius 3 is 3.06 bits per heavy atom. The van der Waals surface area contributed by atoms with E-state index in [-0.39, 0.29) is 12.5 Å². The van der Waals surface area contributed by atoms with Crippen LogP contribution in [0.3, 0.4) is 0 Å². The van der Waals surface area contributed by atoms with E-state index in [2.05, 4.69) is 10.2 Å². The monoisotopic (exact) mass is 246 g/mol. The molecule has 3 rings (SSSR count). The molecule has 0 spiro atoms. The van der Waals surface area contributed by atoms with Crippen LogP contribution in [0.1, 0.15) is 16.1 Å². The number of carboxylic acids is 1. The van der Waals surface area contributed by atoms with Crippen LogP contribution in [0.15, 0.2) is 24.3 Å². The largest absolute Gasteiger partial charge is 0.477 e. The summed E-state index contributed by atoms with van der Waals surface area (Å²) in [5, 5.41) is 15.3. The van der Waals surface area contributed by atoms with Crippen LogP contribution in [0.2, 0.25) is 0 Å². The minimum atomic E-state index is -1.03. The van der Waals surface area contributed by atoms with Gasteiger partial charge in [0.15, 0.2) is 6.79 Å². The number of hydrogen-bond donors (Lipinski definition) is 2. The molecule has 1 aliphatic rings. The molecular weight excluding hydrogens is 236 g/mol. The van der Waals surface area contributed by atoms with Crippen molar-refractivity contribution < 1.29 is 19.4 Å². The molecule has 0 unspecified atom stereocenters. The maximum Gasteiger partial charge on any atom is 0.353 e. The van der Waals surface area contributed by atoms with Crippen LogP contribution in [-0.2, 0) is 11.3 Å². The van der Waals surface area contributed by atoms with Gasteiger partial charge in [0.05, 0.1) is 12.3 Å². The molecule has 0 aliphatic carbocycles. The zero-order valence-corrected chi connectivity index (χ0v) is 9.34. The molecule has 2 heterocycles. The Labute approximate surface area is 102 Å². The number of carbonyl (C=O) groups is 1. The number of carboxylic acid groups (broad SMARTS) is 1. The molecule has 1 aromatic carbocycles. The Kier molecular flexibility index (Phi) is 2.49. The zero-order valence-electron chi connectivity index (χ0n) is 9.34. The summed E-state index contributed by atoms with van der Waals surface area (Å²) in [5.41, 5.74) is 2.40. The molecule has 0 saturated carbocycles. The van der Waals surface area contributed by atoms with E-state index in [1.165, 1.54) is 6.07 Å². The molecule has 0 atom stereocenters. The van der Waals surface area contributed by atoms with Crippen LogP contribution in [0.5, 0.6) is 5.75 Å². The zero-order chi connectivity index (χ0) is 12.5. The molecule has 1 aliphatic heterocycles. The van der Waals surface area contributed by atoms with Gasteiger partial charge in [0.25, 0.3) is 0 Å². The summed E-state index contributed by atoms with van der Waals surface area (Å²) in [6, 6.07) is 7.05.